The van der Waals surface area contributed by atoms with E-state index < -0.39 is 5.97 Å². The summed E-state index contributed by atoms with van der Waals surface area (Å²) >= 11 is 0. The van der Waals surface area contributed by atoms with Gasteiger partial charge in [-0.05, 0) is 37.1 Å². The topological polar surface area (TPSA) is 130 Å². The lowest BCUT2D eigenvalue weighted by Gasteiger charge is -2.14. The third-order valence-corrected chi connectivity index (χ3v) is 4.94. The van der Waals surface area contributed by atoms with Crippen molar-refractivity contribution in [1.29, 1.82) is 0 Å². The first-order valence-corrected chi connectivity index (χ1v) is 11.7. The van der Waals surface area contributed by atoms with E-state index in [-0.39, 0.29) is 35.3 Å². The normalized spacial score (nSPS) is 10.6. The van der Waals surface area contributed by atoms with Crippen LogP contribution < -0.4 is 20.1 Å². The Kier molecular flexibility index (Phi) is 9.15. The number of nitrogens with two attached hydrogens (primary N) is 1. The summed E-state index contributed by atoms with van der Waals surface area (Å²) in [4.78, 5) is 40.2. The Labute approximate surface area is 210 Å². The zero-order chi connectivity index (χ0) is 26.1. The molecule has 0 atom stereocenters. The minimum absolute atomic E-state index is 0.0165. The maximum absolute atomic E-state index is 13.4. The molecule has 3 aromatic rings. The maximum Gasteiger partial charge on any atom is 0.339 e. The number of anilines is 2. The van der Waals surface area contributed by atoms with Gasteiger partial charge in [0.1, 0.15) is 0 Å². The van der Waals surface area contributed by atoms with Gasteiger partial charge in [0.2, 0.25) is 11.9 Å². The first-order valence-electron chi connectivity index (χ1n) is 11.7. The first-order chi connectivity index (χ1) is 17.3. The number of carbonyl (C=O) groups is 2. The summed E-state index contributed by atoms with van der Waals surface area (Å²) in [5.41, 5.74) is 6.43. The molecule has 0 spiro atoms. The van der Waals surface area contributed by atoms with Crippen LogP contribution in [0.15, 0.2) is 42.5 Å². The van der Waals surface area contributed by atoms with Gasteiger partial charge in [-0.15, -0.1) is 0 Å². The molecule has 190 valence electrons. The SMILES string of the molecule is CCCOc1ccc(C(=O)c2ccccc2C(=O)OCc2nc(N)nc(N(C)C)n2)cc1OCCC. The Bertz CT molecular complexity index is 1220. The zero-order valence-corrected chi connectivity index (χ0v) is 21.0. The van der Waals surface area contributed by atoms with Crippen molar-refractivity contribution < 1.29 is 23.8 Å². The Balaban J connectivity index is 1.83. The highest BCUT2D eigenvalue weighted by atomic mass is 16.5. The number of rotatable bonds is 12. The van der Waals surface area contributed by atoms with Crippen LogP contribution in [-0.4, -0.2) is 54.0 Å². The average molecular weight is 494 g/mol. The van der Waals surface area contributed by atoms with Crippen molar-refractivity contribution >= 4 is 23.6 Å². The molecule has 0 saturated heterocycles. The fourth-order valence-electron chi connectivity index (χ4n) is 3.22. The predicted molar refractivity (Wildman–Crippen MR) is 136 cm³/mol. The van der Waals surface area contributed by atoms with Crippen LogP contribution in [-0.2, 0) is 11.3 Å². The summed E-state index contributed by atoms with van der Waals surface area (Å²) < 4.78 is 17.0. The van der Waals surface area contributed by atoms with Crippen LogP contribution in [0.3, 0.4) is 0 Å². The van der Waals surface area contributed by atoms with Crippen LogP contribution in [0.25, 0.3) is 0 Å². The van der Waals surface area contributed by atoms with Crippen molar-refractivity contribution in [2.24, 2.45) is 0 Å². The van der Waals surface area contributed by atoms with E-state index in [1.807, 2.05) is 13.8 Å². The number of hydrogen-bond acceptors (Lipinski definition) is 10. The van der Waals surface area contributed by atoms with Gasteiger partial charge in [0, 0.05) is 25.2 Å². The van der Waals surface area contributed by atoms with E-state index in [1.54, 1.807) is 55.4 Å². The second-order valence-corrected chi connectivity index (χ2v) is 8.11. The zero-order valence-electron chi connectivity index (χ0n) is 21.0. The summed E-state index contributed by atoms with van der Waals surface area (Å²) in [5.74, 6) is 0.589. The van der Waals surface area contributed by atoms with E-state index in [2.05, 4.69) is 15.0 Å². The van der Waals surface area contributed by atoms with E-state index in [9.17, 15) is 9.59 Å². The van der Waals surface area contributed by atoms with Gasteiger partial charge in [-0.25, -0.2) is 4.79 Å². The summed E-state index contributed by atoms with van der Waals surface area (Å²) in [7, 11) is 3.52. The second kappa shape index (κ2) is 12.5. The van der Waals surface area contributed by atoms with Gasteiger partial charge in [0.25, 0.3) is 0 Å². The smallest absolute Gasteiger partial charge is 0.339 e. The van der Waals surface area contributed by atoms with Gasteiger partial charge in [-0.2, -0.15) is 15.0 Å². The van der Waals surface area contributed by atoms with Crippen molar-refractivity contribution in [1.82, 2.24) is 15.0 Å². The summed E-state index contributed by atoms with van der Waals surface area (Å²) in [6.07, 6.45) is 1.65. The standard InChI is InChI=1S/C26H31N5O5/c1-5-13-34-20-12-11-17(15-21(20)35-14-6-2)23(32)18-9-7-8-10-19(18)24(33)36-16-22-28-25(27)30-26(29-22)31(3)4/h7-12,15H,5-6,13-14,16H2,1-4H3,(H2,27,28,29,30). The van der Waals surface area contributed by atoms with Gasteiger partial charge in [0.05, 0.1) is 18.8 Å². The number of esters is 1. The van der Waals surface area contributed by atoms with Gasteiger partial charge in [-0.1, -0.05) is 32.0 Å². The Hall–Kier alpha value is -4.21. The van der Waals surface area contributed by atoms with Crippen LogP contribution in [0, 0.1) is 0 Å². The van der Waals surface area contributed by atoms with Crippen molar-refractivity contribution in [3.05, 3.63) is 65.0 Å². The number of benzene rings is 2. The molecule has 0 saturated carbocycles. The van der Waals surface area contributed by atoms with E-state index in [0.29, 0.717) is 36.2 Å². The highest BCUT2D eigenvalue weighted by Gasteiger charge is 2.21. The number of ether oxygens (including phenoxy) is 3. The number of hydrogen-bond donors (Lipinski definition) is 1. The highest BCUT2D eigenvalue weighted by Crippen LogP contribution is 2.30. The van der Waals surface area contributed by atoms with E-state index in [1.165, 1.54) is 6.07 Å². The van der Waals surface area contributed by atoms with Gasteiger partial charge in [0.15, 0.2) is 29.7 Å². The van der Waals surface area contributed by atoms with Crippen molar-refractivity contribution in [3.8, 4) is 11.5 Å². The molecule has 0 fully saturated rings. The Morgan fingerprint density at radius 2 is 1.56 bits per heavy atom. The van der Waals surface area contributed by atoms with E-state index >= 15 is 0 Å². The molecule has 10 heteroatoms. The van der Waals surface area contributed by atoms with Crippen LogP contribution in [0.2, 0.25) is 0 Å². The molecule has 0 aliphatic heterocycles. The molecular formula is C26H31N5O5. The molecule has 0 radical (unpaired) electrons. The van der Waals surface area contributed by atoms with Crippen LogP contribution >= 0.6 is 0 Å². The largest absolute Gasteiger partial charge is 0.490 e. The molecule has 3 rings (SSSR count). The highest BCUT2D eigenvalue weighted by molar-refractivity contribution is 6.14. The average Bonchev–Trinajstić information content (AvgIpc) is 2.88. The molecule has 2 N–H and O–H groups in total. The van der Waals surface area contributed by atoms with E-state index in [0.717, 1.165) is 12.8 Å². The van der Waals surface area contributed by atoms with Crippen molar-refractivity contribution in [2.45, 2.75) is 33.3 Å². The van der Waals surface area contributed by atoms with E-state index in [4.69, 9.17) is 19.9 Å². The molecular weight excluding hydrogens is 462 g/mol. The van der Waals surface area contributed by atoms with Crippen LogP contribution in [0.1, 0.15) is 58.8 Å². The molecule has 1 aromatic heterocycles. The molecule has 2 aromatic carbocycles. The maximum atomic E-state index is 13.4. The monoisotopic (exact) mass is 493 g/mol. The van der Waals surface area contributed by atoms with Crippen molar-refractivity contribution in [3.63, 3.8) is 0 Å². The molecule has 36 heavy (non-hydrogen) atoms. The molecule has 0 aliphatic rings. The fourth-order valence-corrected chi connectivity index (χ4v) is 3.22. The van der Waals surface area contributed by atoms with Crippen LogP contribution in [0.4, 0.5) is 11.9 Å². The van der Waals surface area contributed by atoms with Gasteiger partial charge >= 0.3 is 5.97 Å². The predicted octanol–water partition coefficient (Wildman–Crippen LogP) is 3.69. The third kappa shape index (κ3) is 6.68. The Morgan fingerprint density at radius 1 is 0.889 bits per heavy atom. The van der Waals surface area contributed by atoms with Gasteiger partial charge < -0.3 is 24.8 Å². The molecule has 0 bridgehead atoms. The number of ketones is 1. The minimum Gasteiger partial charge on any atom is -0.490 e. The molecule has 0 unspecified atom stereocenters. The molecule has 1 heterocycles. The van der Waals surface area contributed by atoms with Gasteiger partial charge in [-0.3, -0.25) is 4.79 Å². The second-order valence-electron chi connectivity index (χ2n) is 8.11. The lowest BCUT2D eigenvalue weighted by molar-refractivity contribution is 0.0459. The first kappa shape index (κ1) is 26.4. The Morgan fingerprint density at radius 3 is 2.22 bits per heavy atom. The number of carbonyl (C=O) groups excluding carboxylic acids is 2. The molecule has 0 aliphatic carbocycles. The van der Waals surface area contributed by atoms with Crippen molar-refractivity contribution in [2.75, 3.05) is 37.9 Å². The third-order valence-electron chi connectivity index (χ3n) is 4.94. The summed E-state index contributed by atoms with van der Waals surface area (Å²) in [6, 6.07) is 11.5. The molecule has 0 amide bonds. The number of nitrogens with zero attached hydrogens (tertiary/aromatic N) is 4. The van der Waals surface area contributed by atoms with Crippen LogP contribution in [0.5, 0.6) is 11.5 Å². The molecule has 10 nitrogen and oxygen atoms in total. The summed E-state index contributed by atoms with van der Waals surface area (Å²) in [6.45, 7) is 4.80. The number of nitrogen functional groups attached to an aromatic ring is 1. The lowest BCUT2D eigenvalue weighted by atomic mass is 9.98. The number of aromatic nitrogens is 3. The quantitative estimate of drug-likeness (QED) is 0.294. The summed E-state index contributed by atoms with van der Waals surface area (Å²) in [5, 5.41) is 0. The fraction of sp³-hybridized carbons (Fsp3) is 0.346. The lowest BCUT2D eigenvalue weighted by Crippen LogP contribution is -2.18. The minimum atomic E-state index is -0.685.